The summed E-state index contributed by atoms with van der Waals surface area (Å²) in [5.41, 5.74) is 7.07. The third-order valence-corrected chi connectivity index (χ3v) is 3.98. The van der Waals surface area contributed by atoms with Gasteiger partial charge in [0, 0.05) is 13.6 Å². The molecule has 0 aliphatic carbocycles. The molecule has 0 atom stereocenters. The molecule has 0 aliphatic rings. The summed E-state index contributed by atoms with van der Waals surface area (Å²) in [6, 6.07) is 2.12. The highest BCUT2D eigenvalue weighted by molar-refractivity contribution is 7.11. The lowest BCUT2D eigenvalue weighted by Gasteiger charge is -2.17. The maximum Gasteiger partial charge on any atom is 0.197 e. The Labute approximate surface area is 109 Å². The molecular weight excluding hydrogens is 254 g/mol. The molecule has 17 heavy (non-hydrogen) atoms. The number of ether oxygens (including phenoxy) is 1. The second-order valence-electron chi connectivity index (χ2n) is 3.62. The van der Waals surface area contributed by atoms with Crippen LogP contribution in [0.4, 0.5) is 10.8 Å². The number of hydrogen-bond acceptors (Lipinski definition) is 6. The lowest BCUT2D eigenvalue weighted by Crippen LogP contribution is -2.15. The number of thiophene rings is 1. The highest BCUT2D eigenvalue weighted by Crippen LogP contribution is 2.38. The Morgan fingerprint density at radius 1 is 1.53 bits per heavy atom. The molecule has 6 heteroatoms. The van der Waals surface area contributed by atoms with Crippen LogP contribution >= 0.6 is 22.9 Å². The number of nitrogen functional groups attached to an aromatic ring is 1. The van der Waals surface area contributed by atoms with E-state index in [0.29, 0.717) is 18.2 Å². The van der Waals surface area contributed by atoms with Crippen molar-refractivity contribution in [2.45, 2.75) is 13.5 Å². The summed E-state index contributed by atoms with van der Waals surface area (Å²) < 4.78 is 9.67. The maximum absolute atomic E-state index is 5.79. The normalized spacial score (nSPS) is 10.5. The molecule has 0 aliphatic heterocycles. The lowest BCUT2D eigenvalue weighted by molar-refractivity contribution is 0.343. The molecule has 0 aromatic carbocycles. The van der Waals surface area contributed by atoms with Crippen molar-refractivity contribution in [2.75, 3.05) is 24.3 Å². The summed E-state index contributed by atoms with van der Waals surface area (Å²) in [6.45, 7) is 3.38. The molecule has 2 aromatic heterocycles. The van der Waals surface area contributed by atoms with Crippen LogP contribution in [0.15, 0.2) is 16.8 Å². The van der Waals surface area contributed by atoms with E-state index >= 15 is 0 Å². The zero-order chi connectivity index (χ0) is 12.3. The molecule has 2 N–H and O–H groups in total. The van der Waals surface area contributed by atoms with Gasteiger partial charge >= 0.3 is 0 Å². The van der Waals surface area contributed by atoms with Gasteiger partial charge in [-0.3, -0.25) is 0 Å². The Balaban J connectivity index is 2.15. The minimum atomic E-state index is 0.476. The van der Waals surface area contributed by atoms with Gasteiger partial charge in [0.1, 0.15) is 0 Å². The molecule has 0 unspecified atom stereocenters. The van der Waals surface area contributed by atoms with Gasteiger partial charge in [0.15, 0.2) is 16.6 Å². The molecule has 0 bridgehead atoms. The van der Waals surface area contributed by atoms with Crippen LogP contribution in [0, 0.1) is 0 Å². The topological polar surface area (TPSA) is 51.4 Å². The van der Waals surface area contributed by atoms with E-state index in [4.69, 9.17) is 10.5 Å². The largest absolute Gasteiger partial charge is 0.487 e. The number of hydrogen-bond donors (Lipinski definition) is 1. The Morgan fingerprint density at radius 3 is 3.00 bits per heavy atom. The monoisotopic (exact) mass is 269 g/mol. The Hall–Kier alpha value is -1.27. The molecule has 2 aromatic rings. The van der Waals surface area contributed by atoms with Gasteiger partial charge < -0.3 is 15.4 Å². The Morgan fingerprint density at radius 2 is 2.35 bits per heavy atom. The summed E-state index contributed by atoms with van der Waals surface area (Å²) in [5, 5.41) is 5.20. The van der Waals surface area contributed by atoms with Crippen LogP contribution in [0.25, 0.3) is 0 Å². The predicted octanol–water partition coefficient (Wildman–Crippen LogP) is 2.82. The molecule has 0 saturated heterocycles. The molecule has 2 rings (SSSR count). The van der Waals surface area contributed by atoms with E-state index in [1.807, 2.05) is 14.0 Å². The molecule has 4 nitrogen and oxygen atoms in total. The van der Waals surface area contributed by atoms with Crippen molar-refractivity contribution in [3.63, 3.8) is 0 Å². The number of anilines is 2. The first kappa shape index (κ1) is 12.2. The third kappa shape index (κ3) is 2.70. The van der Waals surface area contributed by atoms with Gasteiger partial charge in [-0.05, 0) is 40.8 Å². The van der Waals surface area contributed by atoms with Crippen LogP contribution in [0.2, 0.25) is 0 Å². The fourth-order valence-corrected chi connectivity index (χ4v) is 2.91. The first-order chi connectivity index (χ1) is 8.22. The zero-order valence-electron chi connectivity index (χ0n) is 9.84. The number of nitrogens with zero attached hydrogens (tertiary/aromatic N) is 2. The second-order valence-corrected chi connectivity index (χ2v) is 5.15. The summed E-state index contributed by atoms with van der Waals surface area (Å²) in [5.74, 6) is 1.18. The molecule has 0 radical (unpaired) electrons. The molecule has 0 fully saturated rings. The minimum absolute atomic E-state index is 0.476. The highest BCUT2D eigenvalue weighted by Gasteiger charge is 2.16. The quantitative estimate of drug-likeness (QED) is 0.907. The van der Waals surface area contributed by atoms with Gasteiger partial charge in [0.2, 0.25) is 0 Å². The summed E-state index contributed by atoms with van der Waals surface area (Å²) >= 11 is 3.08. The zero-order valence-corrected chi connectivity index (χ0v) is 11.5. The van der Waals surface area contributed by atoms with Crippen molar-refractivity contribution in [2.24, 2.45) is 0 Å². The molecule has 92 valence electrons. The van der Waals surface area contributed by atoms with Gasteiger partial charge in [0.25, 0.3) is 0 Å². The van der Waals surface area contributed by atoms with Gasteiger partial charge in [-0.15, -0.1) is 0 Å². The highest BCUT2D eigenvalue weighted by atomic mass is 32.1. The summed E-state index contributed by atoms with van der Waals surface area (Å²) in [4.78, 5) is 2.11. The van der Waals surface area contributed by atoms with Crippen molar-refractivity contribution in [1.82, 2.24) is 4.37 Å². The Kier molecular flexibility index (Phi) is 3.86. The Bertz CT molecular complexity index is 467. The molecule has 0 saturated carbocycles. The average Bonchev–Trinajstić information content (AvgIpc) is 2.91. The van der Waals surface area contributed by atoms with E-state index < -0.39 is 0 Å². The van der Waals surface area contributed by atoms with Crippen molar-refractivity contribution in [1.29, 1.82) is 0 Å². The third-order valence-electron chi connectivity index (χ3n) is 2.29. The lowest BCUT2D eigenvalue weighted by atomic mass is 10.3. The number of rotatable bonds is 5. The van der Waals surface area contributed by atoms with Crippen molar-refractivity contribution < 1.29 is 4.74 Å². The van der Waals surface area contributed by atoms with Gasteiger partial charge in [-0.25, -0.2) is 0 Å². The van der Waals surface area contributed by atoms with Crippen LogP contribution in [-0.2, 0) is 6.54 Å². The smallest absolute Gasteiger partial charge is 0.197 e. The van der Waals surface area contributed by atoms with Crippen molar-refractivity contribution >= 4 is 33.7 Å². The first-order valence-corrected chi connectivity index (χ1v) is 7.04. The molecular formula is C11H15N3OS2. The van der Waals surface area contributed by atoms with E-state index in [2.05, 4.69) is 26.1 Å². The SMILES string of the molecule is CCOc1c(N)nsc1N(C)Cc1ccsc1. The van der Waals surface area contributed by atoms with E-state index in [0.717, 1.165) is 11.5 Å². The van der Waals surface area contributed by atoms with Crippen LogP contribution in [0.5, 0.6) is 5.75 Å². The molecule has 2 heterocycles. The maximum atomic E-state index is 5.79. The molecule has 0 spiro atoms. The van der Waals surface area contributed by atoms with E-state index in [1.165, 1.54) is 17.1 Å². The number of aromatic nitrogens is 1. The van der Waals surface area contributed by atoms with Gasteiger partial charge in [0.05, 0.1) is 6.61 Å². The van der Waals surface area contributed by atoms with E-state index in [1.54, 1.807) is 11.3 Å². The summed E-state index contributed by atoms with van der Waals surface area (Å²) in [7, 11) is 2.02. The van der Waals surface area contributed by atoms with Crippen molar-refractivity contribution in [3.05, 3.63) is 22.4 Å². The van der Waals surface area contributed by atoms with E-state index in [-0.39, 0.29) is 0 Å². The van der Waals surface area contributed by atoms with Crippen LogP contribution in [0.3, 0.4) is 0 Å². The first-order valence-electron chi connectivity index (χ1n) is 5.32. The predicted molar refractivity (Wildman–Crippen MR) is 74.1 cm³/mol. The van der Waals surface area contributed by atoms with Gasteiger partial charge in [-0.2, -0.15) is 15.7 Å². The van der Waals surface area contributed by atoms with Crippen molar-refractivity contribution in [3.8, 4) is 5.75 Å². The minimum Gasteiger partial charge on any atom is -0.487 e. The number of nitrogens with two attached hydrogens (primary N) is 1. The standard InChI is InChI=1S/C11H15N3OS2/c1-3-15-9-10(12)13-17-11(9)14(2)6-8-4-5-16-7-8/h4-5,7H,3,6H2,1-2H3,(H2,12,13). The van der Waals surface area contributed by atoms with Gasteiger partial charge in [-0.1, -0.05) is 0 Å². The van der Waals surface area contributed by atoms with Crippen LogP contribution in [-0.4, -0.2) is 18.0 Å². The van der Waals surface area contributed by atoms with Crippen LogP contribution < -0.4 is 15.4 Å². The fourth-order valence-electron chi connectivity index (χ4n) is 1.54. The van der Waals surface area contributed by atoms with E-state index in [9.17, 15) is 0 Å². The fraction of sp³-hybridized carbons (Fsp3) is 0.364. The second kappa shape index (κ2) is 5.37. The molecule has 0 amide bonds. The van der Waals surface area contributed by atoms with Crippen LogP contribution in [0.1, 0.15) is 12.5 Å². The average molecular weight is 269 g/mol. The summed E-state index contributed by atoms with van der Waals surface area (Å²) in [6.07, 6.45) is 0.